The van der Waals surface area contributed by atoms with Gasteiger partial charge in [-0.1, -0.05) is 6.92 Å². The Morgan fingerprint density at radius 1 is 1.47 bits per heavy atom. The SMILES string of the molecule is CCNC(COCC(F)(F)F)c1c(C)ccnc1N. The summed E-state index contributed by atoms with van der Waals surface area (Å²) in [6.45, 7) is 2.91. The van der Waals surface area contributed by atoms with Crippen LogP contribution in [0.2, 0.25) is 0 Å². The summed E-state index contributed by atoms with van der Waals surface area (Å²) in [6, 6.07) is 1.36. The molecule has 0 saturated carbocycles. The summed E-state index contributed by atoms with van der Waals surface area (Å²) in [4.78, 5) is 3.96. The molecule has 7 heteroatoms. The monoisotopic (exact) mass is 277 g/mol. The average molecular weight is 277 g/mol. The minimum atomic E-state index is -4.33. The largest absolute Gasteiger partial charge is 0.411 e. The van der Waals surface area contributed by atoms with E-state index in [1.807, 2.05) is 13.8 Å². The zero-order valence-electron chi connectivity index (χ0n) is 10.9. The van der Waals surface area contributed by atoms with Gasteiger partial charge in [-0.25, -0.2) is 4.98 Å². The lowest BCUT2D eigenvalue weighted by Gasteiger charge is -2.21. The molecule has 0 aromatic carbocycles. The zero-order chi connectivity index (χ0) is 14.5. The number of nitrogens with two attached hydrogens (primary N) is 1. The van der Waals surface area contributed by atoms with Gasteiger partial charge in [-0.05, 0) is 25.1 Å². The summed E-state index contributed by atoms with van der Waals surface area (Å²) in [5.41, 5.74) is 7.34. The number of nitrogens with one attached hydrogen (secondary N) is 1. The van der Waals surface area contributed by atoms with Crippen LogP contribution >= 0.6 is 0 Å². The van der Waals surface area contributed by atoms with Crippen molar-refractivity contribution in [1.29, 1.82) is 0 Å². The first kappa shape index (κ1) is 15.7. The first-order valence-corrected chi connectivity index (χ1v) is 5.94. The minimum Gasteiger partial charge on any atom is -0.383 e. The second kappa shape index (κ2) is 6.72. The predicted octanol–water partition coefficient (Wildman–Crippen LogP) is 2.20. The molecule has 0 spiro atoms. The van der Waals surface area contributed by atoms with Crippen LogP contribution in [0.5, 0.6) is 0 Å². The molecule has 4 nitrogen and oxygen atoms in total. The maximum Gasteiger partial charge on any atom is 0.411 e. The Balaban J connectivity index is 2.77. The van der Waals surface area contributed by atoms with Crippen LogP contribution in [-0.4, -0.2) is 30.9 Å². The lowest BCUT2D eigenvalue weighted by Crippen LogP contribution is -2.29. The quantitative estimate of drug-likeness (QED) is 0.837. The number of ether oxygens (including phenoxy) is 1. The molecule has 108 valence electrons. The Bertz CT molecular complexity index is 389. The van der Waals surface area contributed by atoms with Gasteiger partial charge in [-0.15, -0.1) is 0 Å². The molecule has 0 amide bonds. The first-order chi connectivity index (χ1) is 8.85. The van der Waals surface area contributed by atoms with E-state index in [0.29, 0.717) is 17.9 Å². The number of nitrogen functional groups attached to an aromatic ring is 1. The van der Waals surface area contributed by atoms with Crippen LogP contribution in [0.25, 0.3) is 0 Å². The van der Waals surface area contributed by atoms with Crippen molar-refractivity contribution in [2.45, 2.75) is 26.1 Å². The number of hydrogen-bond acceptors (Lipinski definition) is 4. The highest BCUT2D eigenvalue weighted by molar-refractivity contribution is 5.46. The molecule has 0 aliphatic rings. The molecule has 0 saturated heterocycles. The molecule has 1 rings (SSSR count). The average Bonchev–Trinajstić information content (AvgIpc) is 2.27. The third-order valence-corrected chi connectivity index (χ3v) is 2.59. The Morgan fingerprint density at radius 3 is 2.68 bits per heavy atom. The fourth-order valence-electron chi connectivity index (χ4n) is 1.83. The first-order valence-electron chi connectivity index (χ1n) is 5.94. The van der Waals surface area contributed by atoms with Gasteiger partial charge in [0.2, 0.25) is 0 Å². The van der Waals surface area contributed by atoms with E-state index in [2.05, 4.69) is 10.3 Å². The van der Waals surface area contributed by atoms with Gasteiger partial charge in [-0.2, -0.15) is 13.2 Å². The van der Waals surface area contributed by atoms with Crippen molar-refractivity contribution in [1.82, 2.24) is 10.3 Å². The lowest BCUT2D eigenvalue weighted by molar-refractivity contribution is -0.175. The number of pyridine rings is 1. The molecule has 3 N–H and O–H groups in total. The normalized spacial score (nSPS) is 13.5. The van der Waals surface area contributed by atoms with Gasteiger partial charge in [0.15, 0.2) is 0 Å². The Hall–Kier alpha value is -1.34. The van der Waals surface area contributed by atoms with Crippen molar-refractivity contribution in [2.75, 3.05) is 25.5 Å². The number of rotatable bonds is 6. The molecule has 0 aliphatic carbocycles. The van der Waals surface area contributed by atoms with Crippen molar-refractivity contribution in [3.05, 3.63) is 23.4 Å². The van der Waals surface area contributed by atoms with Crippen molar-refractivity contribution >= 4 is 5.82 Å². The fraction of sp³-hybridized carbons (Fsp3) is 0.583. The minimum absolute atomic E-state index is 0.107. The second-order valence-corrected chi connectivity index (χ2v) is 4.17. The van der Waals surface area contributed by atoms with Crippen LogP contribution in [0.1, 0.15) is 24.1 Å². The molecule has 0 aliphatic heterocycles. The molecule has 1 atom stereocenters. The second-order valence-electron chi connectivity index (χ2n) is 4.17. The number of nitrogens with zero attached hydrogens (tertiary/aromatic N) is 1. The highest BCUT2D eigenvalue weighted by atomic mass is 19.4. The molecule has 1 unspecified atom stereocenters. The molecular formula is C12H18F3N3O. The fourth-order valence-corrected chi connectivity index (χ4v) is 1.83. The van der Waals surface area contributed by atoms with Gasteiger partial charge in [0, 0.05) is 11.8 Å². The number of aryl methyl sites for hydroxylation is 1. The molecular weight excluding hydrogens is 259 g/mol. The van der Waals surface area contributed by atoms with Crippen LogP contribution in [0.15, 0.2) is 12.3 Å². The number of alkyl halides is 3. The van der Waals surface area contributed by atoms with Crippen LogP contribution in [0.3, 0.4) is 0 Å². The molecule has 0 bridgehead atoms. The van der Waals surface area contributed by atoms with Gasteiger partial charge < -0.3 is 15.8 Å². The Morgan fingerprint density at radius 2 is 2.16 bits per heavy atom. The van der Waals surface area contributed by atoms with Crippen molar-refractivity contribution in [3.8, 4) is 0 Å². The van der Waals surface area contributed by atoms with Crippen LogP contribution in [0.4, 0.5) is 19.0 Å². The van der Waals surface area contributed by atoms with Gasteiger partial charge in [0.25, 0.3) is 0 Å². The lowest BCUT2D eigenvalue weighted by atomic mass is 10.0. The summed E-state index contributed by atoms with van der Waals surface area (Å²) in [5, 5.41) is 3.05. The molecule has 19 heavy (non-hydrogen) atoms. The maximum absolute atomic E-state index is 12.1. The smallest absolute Gasteiger partial charge is 0.383 e. The van der Waals surface area contributed by atoms with Crippen molar-refractivity contribution in [2.24, 2.45) is 0 Å². The molecule has 0 radical (unpaired) electrons. The van der Waals surface area contributed by atoms with E-state index in [1.54, 1.807) is 12.3 Å². The van der Waals surface area contributed by atoms with Gasteiger partial charge >= 0.3 is 6.18 Å². The van der Waals surface area contributed by atoms with E-state index >= 15 is 0 Å². The van der Waals surface area contributed by atoms with Gasteiger partial charge in [-0.3, -0.25) is 0 Å². The van der Waals surface area contributed by atoms with E-state index in [9.17, 15) is 13.2 Å². The number of halogens is 3. The van der Waals surface area contributed by atoms with Gasteiger partial charge in [0.1, 0.15) is 12.4 Å². The maximum atomic E-state index is 12.1. The number of anilines is 1. The van der Waals surface area contributed by atoms with Crippen LogP contribution in [0, 0.1) is 6.92 Å². The summed E-state index contributed by atoms with van der Waals surface area (Å²) in [5.74, 6) is 0.307. The molecule has 0 fully saturated rings. The van der Waals surface area contributed by atoms with E-state index in [-0.39, 0.29) is 6.61 Å². The van der Waals surface area contributed by atoms with Crippen molar-refractivity contribution < 1.29 is 17.9 Å². The van der Waals surface area contributed by atoms with Crippen molar-refractivity contribution in [3.63, 3.8) is 0 Å². The topological polar surface area (TPSA) is 60.2 Å². The number of hydrogen-bond donors (Lipinski definition) is 2. The third-order valence-electron chi connectivity index (χ3n) is 2.59. The third kappa shape index (κ3) is 5.04. The zero-order valence-corrected chi connectivity index (χ0v) is 10.9. The van der Waals surface area contributed by atoms with Crippen LogP contribution < -0.4 is 11.1 Å². The highest BCUT2D eigenvalue weighted by Gasteiger charge is 2.28. The van der Waals surface area contributed by atoms with E-state index < -0.39 is 18.8 Å². The number of likely N-dealkylation sites (N-methyl/N-ethyl adjacent to an activating group) is 1. The molecule has 1 aromatic rings. The Kier molecular flexibility index (Phi) is 5.56. The summed E-state index contributed by atoms with van der Waals surface area (Å²) in [6.07, 6.45) is -2.76. The predicted molar refractivity (Wildman–Crippen MR) is 66.7 cm³/mol. The number of aromatic nitrogens is 1. The van der Waals surface area contributed by atoms with Gasteiger partial charge in [0.05, 0.1) is 12.6 Å². The highest BCUT2D eigenvalue weighted by Crippen LogP contribution is 2.23. The standard InChI is InChI=1S/C12H18F3N3O/c1-3-17-9(6-19-7-12(13,14)15)10-8(2)4-5-18-11(10)16/h4-5,9,17H,3,6-7H2,1-2H3,(H2,16,18). The molecule has 1 heterocycles. The summed E-state index contributed by atoms with van der Waals surface area (Å²) >= 11 is 0. The molecule has 1 aromatic heterocycles. The summed E-state index contributed by atoms with van der Waals surface area (Å²) < 4.78 is 40.9. The van der Waals surface area contributed by atoms with E-state index in [0.717, 1.165) is 5.56 Å². The summed E-state index contributed by atoms with van der Waals surface area (Å²) in [7, 11) is 0. The Labute approximate surface area is 110 Å². The van der Waals surface area contributed by atoms with E-state index in [1.165, 1.54) is 0 Å². The van der Waals surface area contributed by atoms with E-state index in [4.69, 9.17) is 10.5 Å². The van der Waals surface area contributed by atoms with Crippen LogP contribution in [-0.2, 0) is 4.74 Å².